The Morgan fingerprint density at radius 3 is 2.67 bits per heavy atom. The van der Waals surface area contributed by atoms with E-state index in [0.29, 0.717) is 12.1 Å². The number of benzene rings is 1. The van der Waals surface area contributed by atoms with E-state index in [1.165, 1.54) is 12.1 Å². The lowest BCUT2D eigenvalue weighted by molar-refractivity contribution is 0.224. The monoisotopic (exact) mass is 229 g/mol. The van der Waals surface area contributed by atoms with Crippen molar-refractivity contribution in [1.82, 2.24) is 0 Å². The minimum atomic E-state index is -3.67. The van der Waals surface area contributed by atoms with Gasteiger partial charge in [0.2, 0.25) is 0 Å². The van der Waals surface area contributed by atoms with Crippen LogP contribution in [0.3, 0.4) is 0 Å². The highest BCUT2D eigenvalue weighted by atomic mass is 32.2. The Hall–Kier alpha value is -1.07. The predicted molar refractivity (Wildman–Crippen MR) is 58.9 cm³/mol. The van der Waals surface area contributed by atoms with Gasteiger partial charge in [0.25, 0.3) is 10.1 Å². The third-order valence-electron chi connectivity index (χ3n) is 2.01. The molecule has 15 heavy (non-hydrogen) atoms. The molecule has 5 heteroatoms. The van der Waals surface area contributed by atoms with Crippen LogP contribution < -0.4 is 5.73 Å². The number of rotatable bonds is 4. The molecule has 0 saturated heterocycles. The molecule has 0 aliphatic heterocycles. The zero-order valence-corrected chi connectivity index (χ0v) is 9.62. The first kappa shape index (κ1) is 12.0. The summed E-state index contributed by atoms with van der Waals surface area (Å²) in [5.41, 5.74) is 5.90. The van der Waals surface area contributed by atoms with Crippen molar-refractivity contribution in [3.8, 4) is 0 Å². The SMILES string of the molecule is CCC(C)OS(=O)(=O)c1cccc(N)c1. The molecule has 1 aromatic carbocycles. The van der Waals surface area contributed by atoms with Gasteiger partial charge in [0.1, 0.15) is 0 Å². The molecule has 0 saturated carbocycles. The van der Waals surface area contributed by atoms with Crippen LogP contribution in [0.1, 0.15) is 20.3 Å². The highest BCUT2D eigenvalue weighted by Gasteiger charge is 2.17. The molecule has 2 N–H and O–H groups in total. The van der Waals surface area contributed by atoms with E-state index in [1.807, 2.05) is 6.92 Å². The Balaban J connectivity index is 2.96. The fraction of sp³-hybridized carbons (Fsp3) is 0.400. The van der Waals surface area contributed by atoms with Crippen LogP contribution in [0.2, 0.25) is 0 Å². The largest absolute Gasteiger partial charge is 0.399 e. The summed E-state index contributed by atoms with van der Waals surface area (Å²) in [6.45, 7) is 3.57. The lowest BCUT2D eigenvalue weighted by Crippen LogP contribution is -2.14. The fourth-order valence-electron chi connectivity index (χ4n) is 1.01. The minimum absolute atomic E-state index is 0.0998. The molecule has 0 aliphatic carbocycles. The van der Waals surface area contributed by atoms with Crippen LogP contribution in [0.5, 0.6) is 0 Å². The van der Waals surface area contributed by atoms with Gasteiger partial charge in [0.05, 0.1) is 11.0 Å². The summed E-state index contributed by atoms with van der Waals surface area (Å²) in [5, 5.41) is 0. The molecule has 0 aromatic heterocycles. The van der Waals surface area contributed by atoms with Crippen LogP contribution in [0.15, 0.2) is 29.2 Å². The summed E-state index contributed by atoms with van der Waals surface area (Å²) in [4.78, 5) is 0.0998. The molecule has 1 rings (SSSR count). The van der Waals surface area contributed by atoms with Crippen LogP contribution in [0.4, 0.5) is 5.69 Å². The second-order valence-corrected chi connectivity index (χ2v) is 4.91. The number of anilines is 1. The summed E-state index contributed by atoms with van der Waals surface area (Å²) in [6.07, 6.45) is 0.318. The summed E-state index contributed by atoms with van der Waals surface area (Å²) in [7, 11) is -3.67. The van der Waals surface area contributed by atoms with Crippen molar-refractivity contribution in [2.45, 2.75) is 31.3 Å². The van der Waals surface area contributed by atoms with Crippen molar-refractivity contribution in [3.05, 3.63) is 24.3 Å². The molecule has 4 nitrogen and oxygen atoms in total. The van der Waals surface area contributed by atoms with Crippen LogP contribution in [-0.4, -0.2) is 14.5 Å². The van der Waals surface area contributed by atoms with Gasteiger partial charge in [-0.2, -0.15) is 8.42 Å². The highest BCUT2D eigenvalue weighted by molar-refractivity contribution is 7.86. The van der Waals surface area contributed by atoms with Gasteiger partial charge in [-0.3, -0.25) is 4.18 Å². The topological polar surface area (TPSA) is 69.4 Å². The fourth-order valence-corrected chi connectivity index (χ4v) is 2.22. The van der Waals surface area contributed by atoms with Crippen molar-refractivity contribution in [1.29, 1.82) is 0 Å². The third kappa shape index (κ3) is 3.21. The smallest absolute Gasteiger partial charge is 0.297 e. The summed E-state index contributed by atoms with van der Waals surface area (Å²) in [5.74, 6) is 0. The van der Waals surface area contributed by atoms with Crippen LogP contribution in [0, 0.1) is 0 Å². The van der Waals surface area contributed by atoms with E-state index in [4.69, 9.17) is 9.92 Å². The molecule has 0 fully saturated rings. The van der Waals surface area contributed by atoms with Crippen molar-refractivity contribution < 1.29 is 12.6 Å². The Morgan fingerprint density at radius 2 is 2.13 bits per heavy atom. The lowest BCUT2D eigenvalue weighted by atomic mass is 10.3. The van der Waals surface area contributed by atoms with E-state index in [2.05, 4.69) is 0 Å². The molecule has 84 valence electrons. The van der Waals surface area contributed by atoms with E-state index in [0.717, 1.165) is 0 Å². The summed E-state index contributed by atoms with van der Waals surface area (Å²) < 4.78 is 28.3. The van der Waals surface area contributed by atoms with E-state index >= 15 is 0 Å². The zero-order valence-electron chi connectivity index (χ0n) is 8.80. The first-order valence-corrected chi connectivity index (χ1v) is 6.15. The van der Waals surface area contributed by atoms with Crippen molar-refractivity contribution in [2.75, 3.05) is 5.73 Å². The summed E-state index contributed by atoms with van der Waals surface area (Å²) >= 11 is 0. The van der Waals surface area contributed by atoms with Gasteiger partial charge in [0.15, 0.2) is 0 Å². The van der Waals surface area contributed by atoms with Gasteiger partial charge in [-0.25, -0.2) is 0 Å². The minimum Gasteiger partial charge on any atom is -0.399 e. The van der Waals surface area contributed by atoms with Gasteiger partial charge in [0, 0.05) is 5.69 Å². The van der Waals surface area contributed by atoms with E-state index in [9.17, 15) is 8.42 Å². The molecular weight excluding hydrogens is 214 g/mol. The average Bonchev–Trinajstić information content (AvgIpc) is 2.17. The molecule has 0 bridgehead atoms. The maximum Gasteiger partial charge on any atom is 0.297 e. The number of hydrogen-bond acceptors (Lipinski definition) is 4. The van der Waals surface area contributed by atoms with Crippen LogP contribution in [-0.2, 0) is 14.3 Å². The Morgan fingerprint density at radius 1 is 1.47 bits per heavy atom. The van der Waals surface area contributed by atoms with Crippen molar-refractivity contribution >= 4 is 15.8 Å². The van der Waals surface area contributed by atoms with E-state index in [-0.39, 0.29) is 11.0 Å². The normalized spacial score (nSPS) is 13.7. The first-order valence-electron chi connectivity index (χ1n) is 4.74. The second-order valence-electron chi connectivity index (χ2n) is 3.34. The molecule has 0 heterocycles. The molecule has 1 unspecified atom stereocenters. The van der Waals surface area contributed by atoms with Crippen LogP contribution >= 0.6 is 0 Å². The molecule has 1 atom stereocenters. The van der Waals surface area contributed by atoms with Gasteiger partial charge < -0.3 is 5.73 Å². The lowest BCUT2D eigenvalue weighted by Gasteiger charge is -2.10. The van der Waals surface area contributed by atoms with Gasteiger partial charge in [-0.05, 0) is 31.5 Å². The third-order valence-corrected chi connectivity index (χ3v) is 3.43. The van der Waals surface area contributed by atoms with Gasteiger partial charge >= 0.3 is 0 Å². The van der Waals surface area contributed by atoms with Gasteiger partial charge in [-0.1, -0.05) is 13.0 Å². The first-order chi connectivity index (χ1) is 6.95. The average molecular weight is 229 g/mol. The molecule has 0 radical (unpaired) electrons. The molecule has 0 spiro atoms. The molecule has 0 aliphatic rings. The maximum atomic E-state index is 11.7. The number of nitrogen functional groups attached to an aromatic ring is 1. The molecule has 0 amide bonds. The zero-order chi connectivity index (χ0) is 11.5. The quantitative estimate of drug-likeness (QED) is 0.631. The van der Waals surface area contributed by atoms with Crippen LogP contribution in [0.25, 0.3) is 0 Å². The van der Waals surface area contributed by atoms with E-state index in [1.54, 1.807) is 19.1 Å². The van der Waals surface area contributed by atoms with Crippen molar-refractivity contribution in [3.63, 3.8) is 0 Å². The highest BCUT2D eigenvalue weighted by Crippen LogP contribution is 2.17. The number of nitrogens with two attached hydrogens (primary N) is 1. The molecular formula is C10H15NO3S. The Bertz CT molecular complexity index is 428. The standard InChI is InChI=1S/C10H15NO3S/c1-3-8(2)14-15(12,13)10-6-4-5-9(11)7-10/h4-8H,3,11H2,1-2H3. The second kappa shape index (κ2) is 4.63. The molecule has 1 aromatic rings. The number of hydrogen-bond donors (Lipinski definition) is 1. The van der Waals surface area contributed by atoms with E-state index < -0.39 is 10.1 Å². The summed E-state index contributed by atoms with van der Waals surface area (Å²) in [6, 6.07) is 6.07. The predicted octanol–water partition coefficient (Wildman–Crippen LogP) is 1.77. The Kier molecular flexibility index (Phi) is 3.71. The maximum absolute atomic E-state index is 11.7. The van der Waals surface area contributed by atoms with Crippen molar-refractivity contribution in [2.24, 2.45) is 0 Å². The van der Waals surface area contributed by atoms with Gasteiger partial charge in [-0.15, -0.1) is 0 Å². The Labute approximate surface area is 90.2 Å².